The molecule has 1 aromatic carbocycles. The van der Waals surface area contributed by atoms with E-state index in [1.165, 1.54) is 5.56 Å². The maximum Gasteiger partial charge on any atom is 0.238 e. The second-order valence-corrected chi connectivity index (χ2v) is 4.96. The molecular formula is C9H13ClN2O2S. The summed E-state index contributed by atoms with van der Waals surface area (Å²) >= 11 is 0. The largest absolute Gasteiger partial charge is 0.312 e. The van der Waals surface area contributed by atoms with Crippen molar-refractivity contribution in [1.82, 2.24) is 5.32 Å². The van der Waals surface area contributed by atoms with Crippen molar-refractivity contribution in [1.29, 1.82) is 0 Å². The van der Waals surface area contributed by atoms with Gasteiger partial charge >= 0.3 is 0 Å². The molecule has 3 N–H and O–H groups in total. The number of sulfonamides is 1. The number of hydrogen-bond acceptors (Lipinski definition) is 3. The summed E-state index contributed by atoms with van der Waals surface area (Å²) in [5.74, 6) is 0. The number of fused-ring (bicyclic) bond motifs is 1. The predicted octanol–water partition coefficient (Wildman–Crippen LogP) is 0.401. The van der Waals surface area contributed by atoms with Gasteiger partial charge in [-0.1, -0.05) is 6.07 Å². The lowest BCUT2D eigenvalue weighted by molar-refractivity contribution is 0.596. The molecule has 6 heteroatoms. The van der Waals surface area contributed by atoms with Crippen LogP contribution in [-0.4, -0.2) is 15.0 Å². The minimum atomic E-state index is -3.56. The van der Waals surface area contributed by atoms with Gasteiger partial charge in [0.05, 0.1) is 4.90 Å². The third kappa shape index (κ3) is 2.69. The Morgan fingerprint density at radius 3 is 2.67 bits per heavy atom. The number of benzene rings is 1. The highest BCUT2D eigenvalue weighted by Crippen LogP contribution is 2.17. The van der Waals surface area contributed by atoms with Crippen LogP contribution in [0.25, 0.3) is 0 Å². The molecule has 0 saturated carbocycles. The topological polar surface area (TPSA) is 72.2 Å². The number of hydrogen-bond donors (Lipinski definition) is 2. The highest BCUT2D eigenvalue weighted by molar-refractivity contribution is 7.89. The lowest BCUT2D eigenvalue weighted by atomic mass is 10.0. The van der Waals surface area contributed by atoms with E-state index in [0.29, 0.717) is 0 Å². The normalized spacial score (nSPS) is 15.3. The fraction of sp³-hybridized carbons (Fsp3) is 0.333. The third-order valence-electron chi connectivity index (χ3n) is 2.39. The lowest BCUT2D eigenvalue weighted by Gasteiger charge is -2.17. The molecular weight excluding hydrogens is 236 g/mol. The first-order chi connectivity index (χ1) is 6.57. The Balaban J connectivity index is 0.00000112. The van der Waals surface area contributed by atoms with Gasteiger partial charge in [-0.25, -0.2) is 13.6 Å². The van der Waals surface area contributed by atoms with Gasteiger partial charge in [0.15, 0.2) is 0 Å². The average molecular weight is 249 g/mol. The van der Waals surface area contributed by atoms with Crippen molar-refractivity contribution < 1.29 is 8.42 Å². The zero-order valence-corrected chi connectivity index (χ0v) is 9.70. The fourth-order valence-electron chi connectivity index (χ4n) is 1.63. The molecule has 15 heavy (non-hydrogen) atoms. The van der Waals surface area contributed by atoms with Gasteiger partial charge in [0, 0.05) is 6.54 Å². The van der Waals surface area contributed by atoms with Gasteiger partial charge in [-0.3, -0.25) is 0 Å². The van der Waals surface area contributed by atoms with Crippen LogP contribution in [0.15, 0.2) is 23.1 Å². The lowest BCUT2D eigenvalue weighted by Crippen LogP contribution is -2.24. The minimum absolute atomic E-state index is 0. The Morgan fingerprint density at radius 1 is 1.27 bits per heavy atom. The second-order valence-electron chi connectivity index (χ2n) is 3.40. The summed E-state index contributed by atoms with van der Waals surface area (Å²) in [4.78, 5) is 0.194. The van der Waals surface area contributed by atoms with E-state index in [1.807, 2.05) is 6.07 Å². The van der Waals surface area contributed by atoms with Crippen molar-refractivity contribution in [3.05, 3.63) is 29.3 Å². The Kier molecular flexibility index (Phi) is 3.72. The molecule has 0 fully saturated rings. The van der Waals surface area contributed by atoms with E-state index in [9.17, 15) is 8.42 Å². The number of rotatable bonds is 1. The Labute approximate surface area is 95.3 Å². The highest BCUT2D eigenvalue weighted by Gasteiger charge is 2.13. The number of halogens is 1. The molecule has 0 unspecified atom stereocenters. The quantitative estimate of drug-likeness (QED) is 0.756. The van der Waals surface area contributed by atoms with Gasteiger partial charge in [-0.15, -0.1) is 12.4 Å². The molecule has 1 aliphatic heterocycles. The summed E-state index contributed by atoms with van der Waals surface area (Å²) in [7, 11) is -3.56. The van der Waals surface area contributed by atoms with Crippen LogP contribution >= 0.6 is 12.4 Å². The number of primary sulfonamides is 1. The maximum atomic E-state index is 11.1. The molecule has 0 saturated heterocycles. The highest BCUT2D eigenvalue weighted by atomic mass is 35.5. The summed E-state index contributed by atoms with van der Waals surface area (Å²) in [5.41, 5.74) is 2.24. The van der Waals surface area contributed by atoms with E-state index in [0.717, 1.165) is 25.1 Å². The summed E-state index contributed by atoms with van der Waals surface area (Å²) in [6.45, 7) is 1.67. The zero-order chi connectivity index (χ0) is 10.2. The van der Waals surface area contributed by atoms with Gasteiger partial charge in [0.2, 0.25) is 10.0 Å². The van der Waals surface area contributed by atoms with Crippen molar-refractivity contribution >= 4 is 22.4 Å². The Hall–Kier alpha value is -0.620. The standard InChI is InChI=1S/C9H12N2O2S.ClH/c10-14(12,13)9-2-1-7-3-4-11-6-8(7)5-9;/h1-2,5,11H,3-4,6H2,(H2,10,12,13);1H. The monoisotopic (exact) mass is 248 g/mol. The van der Waals surface area contributed by atoms with Crippen LogP contribution in [-0.2, 0) is 23.0 Å². The van der Waals surface area contributed by atoms with Gasteiger partial charge in [-0.2, -0.15) is 0 Å². The number of nitrogens with one attached hydrogen (secondary N) is 1. The van der Waals surface area contributed by atoms with Crippen LogP contribution in [0.5, 0.6) is 0 Å². The molecule has 1 aromatic rings. The molecule has 0 atom stereocenters. The Morgan fingerprint density at radius 2 is 2.00 bits per heavy atom. The molecule has 1 heterocycles. The summed E-state index contributed by atoms with van der Waals surface area (Å²) in [5, 5.41) is 8.23. The average Bonchev–Trinajstić information content (AvgIpc) is 2.16. The first-order valence-corrected chi connectivity index (χ1v) is 5.97. The van der Waals surface area contributed by atoms with E-state index in [2.05, 4.69) is 5.32 Å². The first kappa shape index (κ1) is 12.4. The minimum Gasteiger partial charge on any atom is -0.312 e. The van der Waals surface area contributed by atoms with Crippen LogP contribution in [0.4, 0.5) is 0 Å². The van der Waals surface area contributed by atoms with E-state index >= 15 is 0 Å². The molecule has 2 rings (SSSR count). The zero-order valence-electron chi connectivity index (χ0n) is 8.06. The second kappa shape index (κ2) is 4.49. The van der Waals surface area contributed by atoms with Crippen molar-refractivity contribution in [2.75, 3.05) is 6.54 Å². The van der Waals surface area contributed by atoms with Gasteiger partial charge in [0.1, 0.15) is 0 Å². The van der Waals surface area contributed by atoms with E-state index in [-0.39, 0.29) is 17.3 Å². The van der Waals surface area contributed by atoms with Crippen LogP contribution < -0.4 is 10.5 Å². The van der Waals surface area contributed by atoms with Crippen molar-refractivity contribution in [3.63, 3.8) is 0 Å². The molecule has 0 aromatic heterocycles. The van der Waals surface area contributed by atoms with Crippen molar-refractivity contribution in [2.24, 2.45) is 5.14 Å². The molecule has 0 amide bonds. The molecule has 0 bridgehead atoms. The molecule has 4 nitrogen and oxygen atoms in total. The van der Waals surface area contributed by atoms with Crippen molar-refractivity contribution in [3.8, 4) is 0 Å². The molecule has 84 valence electrons. The van der Waals surface area contributed by atoms with Gasteiger partial charge in [0.25, 0.3) is 0 Å². The SMILES string of the molecule is Cl.NS(=O)(=O)c1ccc2c(c1)CNCC2. The molecule has 1 aliphatic rings. The first-order valence-electron chi connectivity index (χ1n) is 4.43. The van der Waals surface area contributed by atoms with E-state index in [1.54, 1.807) is 12.1 Å². The maximum absolute atomic E-state index is 11.1. The van der Waals surface area contributed by atoms with Crippen LogP contribution in [0.2, 0.25) is 0 Å². The van der Waals surface area contributed by atoms with Crippen molar-refractivity contribution in [2.45, 2.75) is 17.9 Å². The summed E-state index contributed by atoms with van der Waals surface area (Å²) in [6, 6.07) is 5.06. The third-order valence-corrected chi connectivity index (χ3v) is 3.30. The smallest absolute Gasteiger partial charge is 0.238 e. The summed E-state index contributed by atoms with van der Waals surface area (Å²) < 4.78 is 22.2. The van der Waals surface area contributed by atoms with Gasteiger partial charge < -0.3 is 5.32 Å². The molecule has 0 spiro atoms. The Bertz CT molecular complexity index is 459. The van der Waals surface area contributed by atoms with E-state index in [4.69, 9.17) is 5.14 Å². The fourth-order valence-corrected chi connectivity index (χ4v) is 2.20. The van der Waals surface area contributed by atoms with Gasteiger partial charge in [-0.05, 0) is 36.2 Å². The van der Waals surface area contributed by atoms with E-state index < -0.39 is 10.0 Å². The van der Waals surface area contributed by atoms with Crippen LogP contribution in [0.3, 0.4) is 0 Å². The molecule has 0 aliphatic carbocycles. The predicted molar refractivity (Wildman–Crippen MR) is 60.5 cm³/mol. The number of nitrogens with two attached hydrogens (primary N) is 1. The van der Waals surface area contributed by atoms with Crippen LogP contribution in [0, 0.1) is 0 Å². The van der Waals surface area contributed by atoms with Crippen LogP contribution in [0.1, 0.15) is 11.1 Å². The summed E-state index contributed by atoms with van der Waals surface area (Å²) in [6.07, 6.45) is 0.945. The molecule has 0 radical (unpaired) electrons.